The maximum absolute atomic E-state index is 6.09. The van der Waals surface area contributed by atoms with E-state index in [0.717, 1.165) is 63.8 Å². The monoisotopic (exact) mass is 425 g/mol. The van der Waals surface area contributed by atoms with E-state index in [9.17, 15) is 0 Å². The van der Waals surface area contributed by atoms with Crippen LogP contribution in [0.1, 0.15) is 24.8 Å². The van der Waals surface area contributed by atoms with Gasteiger partial charge in [-0.2, -0.15) is 0 Å². The van der Waals surface area contributed by atoms with E-state index >= 15 is 0 Å². The lowest BCUT2D eigenvalue weighted by molar-refractivity contribution is 0.00534. The molecular formula is C24H35N5O2. The number of pyridine rings is 1. The van der Waals surface area contributed by atoms with E-state index in [2.05, 4.69) is 55.8 Å². The maximum Gasteiger partial charge on any atom is 0.191 e. The molecule has 0 radical (unpaired) electrons. The molecule has 1 aliphatic heterocycles. The highest BCUT2D eigenvalue weighted by Crippen LogP contribution is 2.16. The fourth-order valence-electron chi connectivity index (χ4n) is 3.60. The summed E-state index contributed by atoms with van der Waals surface area (Å²) in [6, 6.07) is 14.5. The molecule has 7 heteroatoms. The molecule has 168 valence electrons. The summed E-state index contributed by atoms with van der Waals surface area (Å²) in [5.41, 5.74) is 1.39. The average Bonchev–Trinajstić information content (AvgIpc) is 2.82. The van der Waals surface area contributed by atoms with Gasteiger partial charge in [0, 0.05) is 46.0 Å². The zero-order valence-electron chi connectivity index (χ0n) is 18.5. The van der Waals surface area contributed by atoms with E-state index in [4.69, 9.17) is 9.47 Å². The van der Waals surface area contributed by atoms with Crippen molar-refractivity contribution in [2.24, 2.45) is 4.99 Å². The third kappa shape index (κ3) is 8.94. The lowest BCUT2D eigenvalue weighted by Crippen LogP contribution is -2.40. The third-order valence-corrected chi connectivity index (χ3v) is 5.27. The molecule has 2 aromatic rings. The van der Waals surface area contributed by atoms with Crippen LogP contribution in [-0.4, -0.2) is 68.4 Å². The van der Waals surface area contributed by atoms with Crippen LogP contribution in [0.4, 0.5) is 0 Å². The Hall–Kier alpha value is -2.64. The number of nitrogens with zero attached hydrogens (tertiary/aromatic N) is 3. The van der Waals surface area contributed by atoms with Crippen LogP contribution in [0.3, 0.4) is 0 Å². The van der Waals surface area contributed by atoms with Crippen molar-refractivity contribution in [3.05, 3.63) is 60.4 Å². The quantitative estimate of drug-likeness (QED) is 0.328. The number of hydrogen-bond acceptors (Lipinski definition) is 5. The first kappa shape index (κ1) is 23.0. The minimum atomic E-state index is 0.383. The van der Waals surface area contributed by atoms with Crippen molar-refractivity contribution < 1.29 is 9.47 Å². The smallest absolute Gasteiger partial charge is 0.191 e. The van der Waals surface area contributed by atoms with Crippen LogP contribution < -0.4 is 15.4 Å². The van der Waals surface area contributed by atoms with E-state index in [-0.39, 0.29) is 0 Å². The molecule has 0 unspecified atom stereocenters. The Bertz CT molecular complexity index is 749. The van der Waals surface area contributed by atoms with Gasteiger partial charge in [-0.1, -0.05) is 30.3 Å². The number of nitrogens with one attached hydrogen (secondary N) is 2. The predicted octanol–water partition coefficient (Wildman–Crippen LogP) is 2.70. The molecule has 2 N–H and O–H groups in total. The molecule has 0 bridgehead atoms. The molecule has 2 heterocycles. The number of ether oxygens (including phenoxy) is 2. The Kier molecular flexibility index (Phi) is 10.1. The molecule has 0 aliphatic carbocycles. The van der Waals surface area contributed by atoms with Crippen LogP contribution in [0.15, 0.2) is 59.9 Å². The molecule has 1 aliphatic rings. The largest absolute Gasteiger partial charge is 0.490 e. The van der Waals surface area contributed by atoms with E-state index in [1.165, 1.54) is 5.56 Å². The molecule has 0 spiro atoms. The van der Waals surface area contributed by atoms with Gasteiger partial charge in [-0.05, 0) is 37.0 Å². The van der Waals surface area contributed by atoms with E-state index < -0.39 is 0 Å². The first-order chi connectivity index (χ1) is 15.3. The van der Waals surface area contributed by atoms with Crippen molar-refractivity contribution >= 4 is 5.96 Å². The second-order valence-corrected chi connectivity index (χ2v) is 7.65. The third-order valence-electron chi connectivity index (χ3n) is 5.27. The fourth-order valence-corrected chi connectivity index (χ4v) is 3.60. The highest BCUT2D eigenvalue weighted by atomic mass is 16.5. The molecule has 1 aromatic carbocycles. The zero-order chi connectivity index (χ0) is 21.6. The molecule has 31 heavy (non-hydrogen) atoms. The summed E-state index contributed by atoms with van der Waals surface area (Å²) >= 11 is 0. The minimum absolute atomic E-state index is 0.383. The standard InChI is InChI=1S/C24H35N5O2/c1-25-24(28-14-18-31-23-9-5-12-26-19-23)27-13-6-17-30-22-10-15-29(16-11-22)20-21-7-3-2-4-8-21/h2-5,7-9,12,19,22H,6,10-11,13-18,20H2,1H3,(H2,25,27,28). The molecule has 1 fully saturated rings. The topological polar surface area (TPSA) is 71.0 Å². The summed E-state index contributed by atoms with van der Waals surface area (Å²) in [6.45, 7) is 6.08. The highest BCUT2D eigenvalue weighted by molar-refractivity contribution is 5.79. The molecule has 3 rings (SSSR count). The number of guanidine groups is 1. The molecule has 0 amide bonds. The number of piperidine rings is 1. The van der Waals surface area contributed by atoms with Gasteiger partial charge in [0.2, 0.25) is 0 Å². The molecule has 0 saturated carbocycles. The van der Waals surface area contributed by atoms with Gasteiger partial charge in [-0.3, -0.25) is 14.9 Å². The minimum Gasteiger partial charge on any atom is -0.490 e. The van der Waals surface area contributed by atoms with E-state index in [0.29, 0.717) is 19.3 Å². The summed E-state index contributed by atoms with van der Waals surface area (Å²) in [7, 11) is 1.77. The lowest BCUT2D eigenvalue weighted by Gasteiger charge is -2.32. The van der Waals surface area contributed by atoms with Crippen LogP contribution >= 0.6 is 0 Å². The Morgan fingerprint density at radius 2 is 1.87 bits per heavy atom. The van der Waals surface area contributed by atoms with Crippen LogP contribution in [-0.2, 0) is 11.3 Å². The van der Waals surface area contributed by atoms with Gasteiger partial charge < -0.3 is 20.1 Å². The van der Waals surface area contributed by atoms with Crippen molar-refractivity contribution in [2.45, 2.75) is 31.9 Å². The Morgan fingerprint density at radius 1 is 1.06 bits per heavy atom. The number of aromatic nitrogens is 1. The number of aliphatic imine (C=N–C) groups is 1. The Morgan fingerprint density at radius 3 is 2.61 bits per heavy atom. The summed E-state index contributed by atoms with van der Waals surface area (Å²) < 4.78 is 11.7. The number of rotatable bonds is 11. The van der Waals surface area contributed by atoms with Gasteiger partial charge in [-0.25, -0.2) is 0 Å². The molecular weight excluding hydrogens is 390 g/mol. The first-order valence-corrected chi connectivity index (χ1v) is 11.2. The van der Waals surface area contributed by atoms with Gasteiger partial charge in [0.15, 0.2) is 5.96 Å². The Labute approximate surface area is 185 Å². The van der Waals surface area contributed by atoms with Crippen LogP contribution in [0, 0.1) is 0 Å². The molecule has 0 atom stereocenters. The summed E-state index contributed by atoms with van der Waals surface area (Å²) in [4.78, 5) is 10.8. The van der Waals surface area contributed by atoms with Crippen molar-refractivity contribution in [1.29, 1.82) is 0 Å². The number of hydrogen-bond donors (Lipinski definition) is 2. The van der Waals surface area contributed by atoms with Crippen molar-refractivity contribution in [2.75, 3.05) is 46.4 Å². The van der Waals surface area contributed by atoms with Gasteiger partial charge in [0.1, 0.15) is 12.4 Å². The first-order valence-electron chi connectivity index (χ1n) is 11.2. The molecule has 1 aromatic heterocycles. The van der Waals surface area contributed by atoms with E-state index in [1.807, 2.05) is 12.1 Å². The SMILES string of the molecule is CN=C(NCCCOC1CCN(Cc2ccccc2)CC1)NCCOc1cccnc1. The van der Waals surface area contributed by atoms with E-state index in [1.54, 1.807) is 19.4 Å². The van der Waals surface area contributed by atoms with Crippen molar-refractivity contribution in [3.63, 3.8) is 0 Å². The highest BCUT2D eigenvalue weighted by Gasteiger charge is 2.19. The summed E-state index contributed by atoms with van der Waals surface area (Å²) in [6.07, 6.45) is 7.00. The Balaban J connectivity index is 1.19. The maximum atomic E-state index is 6.09. The molecule has 7 nitrogen and oxygen atoms in total. The number of benzene rings is 1. The van der Waals surface area contributed by atoms with Gasteiger partial charge in [0.25, 0.3) is 0 Å². The summed E-state index contributed by atoms with van der Waals surface area (Å²) in [5.74, 6) is 1.55. The van der Waals surface area contributed by atoms with Crippen LogP contribution in [0.25, 0.3) is 0 Å². The predicted molar refractivity (Wildman–Crippen MR) is 124 cm³/mol. The second kappa shape index (κ2) is 13.6. The normalized spacial score (nSPS) is 15.6. The van der Waals surface area contributed by atoms with Crippen molar-refractivity contribution in [1.82, 2.24) is 20.5 Å². The van der Waals surface area contributed by atoms with Crippen molar-refractivity contribution in [3.8, 4) is 5.75 Å². The van der Waals surface area contributed by atoms with Gasteiger partial charge >= 0.3 is 0 Å². The van der Waals surface area contributed by atoms with Gasteiger partial charge in [0.05, 0.1) is 18.8 Å². The zero-order valence-corrected chi connectivity index (χ0v) is 18.5. The van der Waals surface area contributed by atoms with Gasteiger partial charge in [-0.15, -0.1) is 0 Å². The second-order valence-electron chi connectivity index (χ2n) is 7.65. The molecule has 1 saturated heterocycles. The lowest BCUT2D eigenvalue weighted by atomic mass is 10.1. The number of likely N-dealkylation sites (tertiary alicyclic amines) is 1. The fraction of sp³-hybridized carbons (Fsp3) is 0.500. The van der Waals surface area contributed by atoms with Crippen LogP contribution in [0.5, 0.6) is 5.75 Å². The average molecular weight is 426 g/mol. The van der Waals surface area contributed by atoms with Crippen LogP contribution in [0.2, 0.25) is 0 Å². The summed E-state index contributed by atoms with van der Waals surface area (Å²) in [5, 5.41) is 6.57.